The minimum absolute atomic E-state index is 0.0322. The smallest absolute Gasteiger partial charge is 0.254 e. The number of ether oxygens (including phenoxy) is 1. The van der Waals surface area contributed by atoms with Gasteiger partial charge in [0.05, 0.1) is 7.11 Å². The predicted molar refractivity (Wildman–Crippen MR) is 117 cm³/mol. The molecule has 1 amide bonds. The Bertz CT molecular complexity index is 1120. The molecule has 0 aliphatic carbocycles. The summed E-state index contributed by atoms with van der Waals surface area (Å²) in [5, 5.41) is 2.72. The molecule has 168 valence electrons. The third-order valence-electron chi connectivity index (χ3n) is 5.32. The van der Waals surface area contributed by atoms with Crippen molar-refractivity contribution in [2.45, 2.75) is 50.8 Å². The summed E-state index contributed by atoms with van der Waals surface area (Å²) in [6.45, 7) is 4.38. The number of hydrogen-bond acceptors (Lipinski definition) is 6. The maximum atomic E-state index is 13.1. The molecule has 0 radical (unpaired) electrons. The van der Waals surface area contributed by atoms with E-state index in [2.05, 4.69) is 15.3 Å². The maximum absolute atomic E-state index is 13.1. The number of aromatic nitrogens is 2. The molecule has 1 aliphatic rings. The fourth-order valence-corrected chi connectivity index (χ4v) is 5.41. The van der Waals surface area contributed by atoms with Gasteiger partial charge in [0.1, 0.15) is 16.5 Å². The normalized spacial score (nSPS) is 14.9. The van der Waals surface area contributed by atoms with Crippen molar-refractivity contribution in [3.63, 3.8) is 0 Å². The number of H-pyrrole nitrogens is 1. The van der Waals surface area contributed by atoms with Crippen molar-refractivity contribution in [2.24, 2.45) is 0 Å². The Hall–Kier alpha value is -2.72. The van der Waals surface area contributed by atoms with Crippen LogP contribution in [-0.4, -0.2) is 48.8 Å². The molecule has 0 bridgehead atoms. The molecule has 1 aromatic heterocycles. The lowest BCUT2D eigenvalue weighted by molar-refractivity contribution is -0.116. The summed E-state index contributed by atoms with van der Waals surface area (Å²) in [6.07, 6.45) is 2.96. The van der Waals surface area contributed by atoms with Gasteiger partial charge in [-0.05, 0) is 51.3 Å². The average Bonchev–Trinajstić information content (AvgIpc) is 2.73. The number of anilines is 1. The van der Waals surface area contributed by atoms with Gasteiger partial charge in [-0.2, -0.15) is 4.31 Å². The second-order valence-electron chi connectivity index (χ2n) is 7.59. The first-order chi connectivity index (χ1) is 14.7. The highest BCUT2D eigenvalue weighted by Crippen LogP contribution is 2.31. The molecule has 1 saturated heterocycles. The first-order valence-electron chi connectivity index (χ1n) is 10.3. The van der Waals surface area contributed by atoms with Crippen LogP contribution >= 0.6 is 0 Å². The van der Waals surface area contributed by atoms with Crippen LogP contribution in [0.15, 0.2) is 27.9 Å². The zero-order valence-corrected chi connectivity index (χ0v) is 18.8. The van der Waals surface area contributed by atoms with Crippen LogP contribution in [0.5, 0.6) is 5.75 Å². The van der Waals surface area contributed by atoms with Gasteiger partial charge >= 0.3 is 0 Å². The van der Waals surface area contributed by atoms with E-state index in [-0.39, 0.29) is 35.0 Å². The number of amides is 1. The second-order valence-corrected chi connectivity index (χ2v) is 9.50. The van der Waals surface area contributed by atoms with Crippen LogP contribution in [0.25, 0.3) is 0 Å². The van der Waals surface area contributed by atoms with Crippen molar-refractivity contribution in [1.29, 1.82) is 0 Å². The number of nitrogens with zero attached hydrogens (tertiary/aromatic N) is 2. The van der Waals surface area contributed by atoms with Crippen LogP contribution < -0.4 is 15.6 Å². The van der Waals surface area contributed by atoms with E-state index in [1.54, 1.807) is 19.9 Å². The number of aromatic amines is 1. The number of sulfonamides is 1. The van der Waals surface area contributed by atoms with Gasteiger partial charge in [0, 0.05) is 36.5 Å². The lowest BCUT2D eigenvalue weighted by Gasteiger charge is -2.26. The first kappa shape index (κ1) is 23.0. The van der Waals surface area contributed by atoms with E-state index in [9.17, 15) is 18.0 Å². The minimum atomic E-state index is -3.73. The van der Waals surface area contributed by atoms with Gasteiger partial charge < -0.3 is 15.0 Å². The van der Waals surface area contributed by atoms with Crippen LogP contribution in [-0.2, 0) is 21.2 Å². The van der Waals surface area contributed by atoms with Gasteiger partial charge in [0.15, 0.2) is 0 Å². The van der Waals surface area contributed by atoms with Crippen molar-refractivity contribution in [3.8, 4) is 5.75 Å². The van der Waals surface area contributed by atoms with Crippen molar-refractivity contribution >= 4 is 21.6 Å². The van der Waals surface area contributed by atoms with E-state index in [1.165, 1.54) is 23.5 Å². The molecule has 0 saturated carbocycles. The monoisotopic (exact) mass is 448 g/mol. The Balaban J connectivity index is 1.75. The van der Waals surface area contributed by atoms with Crippen molar-refractivity contribution in [2.75, 3.05) is 25.5 Å². The Kier molecular flexibility index (Phi) is 7.11. The summed E-state index contributed by atoms with van der Waals surface area (Å²) in [5.74, 6) is 0.429. The molecule has 0 atom stereocenters. The van der Waals surface area contributed by atoms with E-state index in [0.717, 1.165) is 19.3 Å². The van der Waals surface area contributed by atoms with Crippen LogP contribution in [0, 0.1) is 13.8 Å². The summed E-state index contributed by atoms with van der Waals surface area (Å²) in [4.78, 5) is 31.4. The van der Waals surface area contributed by atoms with Crippen molar-refractivity contribution in [1.82, 2.24) is 14.3 Å². The van der Waals surface area contributed by atoms with Crippen LogP contribution in [0.2, 0.25) is 0 Å². The molecule has 0 unspecified atom stereocenters. The topological polar surface area (TPSA) is 121 Å². The van der Waals surface area contributed by atoms with Gasteiger partial charge in [-0.3, -0.25) is 9.59 Å². The lowest BCUT2D eigenvalue weighted by Crippen LogP contribution is -2.35. The number of carbonyl (C=O) groups is 1. The number of nitrogens with one attached hydrogen (secondary N) is 2. The molecule has 9 nitrogen and oxygen atoms in total. The van der Waals surface area contributed by atoms with E-state index in [0.29, 0.717) is 35.9 Å². The lowest BCUT2D eigenvalue weighted by atomic mass is 10.1. The van der Waals surface area contributed by atoms with Crippen LogP contribution in [0.4, 0.5) is 5.69 Å². The Morgan fingerprint density at radius 3 is 2.58 bits per heavy atom. The minimum Gasteiger partial charge on any atom is -0.495 e. The fourth-order valence-electron chi connectivity index (χ4n) is 3.71. The van der Waals surface area contributed by atoms with E-state index in [1.807, 2.05) is 0 Å². The quantitative estimate of drug-likeness (QED) is 0.669. The van der Waals surface area contributed by atoms with Gasteiger partial charge in [-0.1, -0.05) is 6.42 Å². The highest BCUT2D eigenvalue weighted by atomic mass is 32.2. The Morgan fingerprint density at radius 2 is 1.94 bits per heavy atom. The van der Waals surface area contributed by atoms with Gasteiger partial charge in [0.2, 0.25) is 15.9 Å². The summed E-state index contributed by atoms with van der Waals surface area (Å²) >= 11 is 0. The molecule has 1 aliphatic heterocycles. The SMILES string of the molecule is COc1ccc(NC(=O)CCc2c(C)nc(C)[nH]c2=O)cc1S(=O)(=O)N1CCCCC1. The van der Waals surface area contributed by atoms with E-state index in [4.69, 9.17) is 4.74 Å². The number of benzene rings is 1. The largest absolute Gasteiger partial charge is 0.495 e. The molecular formula is C21H28N4O5S. The zero-order chi connectivity index (χ0) is 22.6. The van der Waals surface area contributed by atoms with Gasteiger partial charge in [-0.25, -0.2) is 13.4 Å². The van der Waals surface area contributed by atoms with E-state index >= 15 is 0 Å². The summed E-state index contributed by atoms with van der Waals surface area (Å²) in [5.41, 5.74) is 1.16. The van der Waals surface area contributed by atoms with E-state index < -0.39 is 10.0 Å². The number of aryl methyl sites for hydroxylation is 2. The van der Waals surface area contributed by atoms with Crippen molar-refractivity contribution < 1.29 is 17.9 Å². The maximum Gasteiger partial charge on any atom is 0.254 e. The number of rotatable bonds is 7. The highest BCUT2D eigenvalue weighted by Gasteiger charge is 2.29. The summed E-state index contributed by atoms with van der Waals surface area (Å²) in [7, 11) is -2.32. The molecule has 1 aromatic carbocycles. The zero-order valence-electron chi connectivity index (χ0n) is 18.0. The third kappa shape index (κ3) is 5.31. The molecule has 1 fully saturated rings. The molecule has 10 heteroatoms. The second kappa shape index (κ2) is 9.61. The number of carbonyl (C=O) groups excluding carboxylic acids is 1. The Morgan fingerprint density at radius 1 is 1.23 bits per heavy atom. The molecule has 2 N–H and O–H groups in total. The van der Waals surface area contributed by atoms with Crippen molar-refractivity contribution in [3.05, 3.63) is 45.6 Å². The molecular weight excluding hydrogens is 420 g/mol. The van der Waals surface area contributed by atoms with Gasteiger partial charge in [0.25, 0.3) is 5.56 Å². The standard InChI is InChI=1S/C21H28N4O5S/c1-14-17(21(27)23-15(2)22-14)8-10-20(26)24-16-7-9-18(30-3)19(13-16)31(28,29)25-11-5-4-6-12-25/h7,9,13H,4-6,8,10-12H2,1-3H3,(H,24,26)(H,22,23,27). The first-order valence-corrected chi connectivity index (χ1v) is 11.7. The Labute approximate surface area is 181 Å². The van der Waals surface area contributed by atoms with Gasteiger partial charge in [-0.15, -0.1) is 0 Å². The molecule has 3 rings (SSSR count). The number of piperidine rings is 1. The number of methoxy groups -OCH3 is 1. The molecule has 2 aromatic rings. The fraction of sp³-hybridized carbons (Fsp3) is 0.476. The van der Waals surface area contributed by atoms with Crippen LogP contribution in [0.3, 0.4) is 0 Å². The number of hydrogen-bond donors (Lipinski definition) is 2. The predicted octanol–water partition coefficient (Wildman–Crippen LogP) is 2.14. The van der Waals surface area contributed by atoms with Crippen LogP contribution in [0.1, 0.15) is 42.8 Å². The molecule has 31 heavy (non-hydrogen) atoms. The summed E-state index contributed by atoms with van der Waals surface area (Å²) in [6, 6.07) is 4.55. The highest BCUT2D eigenvalue weighted by molar-refractivity contribution is 7.89. The molecule has 0 spiro atoms. The third-order valence-corrected chi connectivity index (χ3v) is 7.24. The molecule has 2 heterocycles. The average molecular weight is 449 g/mol. The summed E-state index contributed by atoms with van der Waals surface area (Å²) < 4.78 is 32.9.